The van der Waals surface area contributed by atoms with E-state index < -0.39 is 5.97 Å². The lowest BCUT2D eigenvalue weighted by atomic mass is 10.1. The highest BCUT2D eigenvalue weighted by molar-refractivity contribution is 5.94. The summed E-state index contributed by atoms with van der Waals surface area (Å²) in [6.07, 6.45) is 6.77. The first-order valence-electron chi connectivity index (χ1n) is 5.38. The Hall–Kier alpha value is -1.32. The van der Waals surface area contributed by atoms with Crippen LogP contribution in [0.3, 0.4) is 0 Å². The van der Waals surface area contributed by atoms with Crippen LogP contribution in [0.15, 0.2) is 12.2 Å². The van der Waals surface area contributed by atoms with E-state index in [9.17, 15) is 9.59 Å². The second-order valence-corrected chi connectivity index (χ2v) is 4.38. The molecule has 0 bridgehead atoms. The molecular weight excluding hydrogens is 194 g/mol. The third-order valence-corrected chi connectivity index (χ3v) is 2.95. The summed E-state index contributed by atoms with van der Waals surface area (Å²) in [4.78, 5) is 21.6. The summed E-state index contributed by atoms with van der Waals surface area (Å²) in [5.74, 6) is -0.0832. The molecule has 1 amide bonds. The first kappa shape index (κ1) is 10.2. The zero-order valence-corrected chi connectivity index (χ0v) is 8.48. The van der Waals surface area contributed by atoms with Gasteiger partial charge in [0.25, 0.3) is 0 Å². The SMILES string of the molecule is O=C(O)/C=C/C(=O)NC(C1CC1)C1CC1. The standard InChI is InChI=1S/C11H15NO3/c13-9(5-6-10(14)15)12-11(7-1-2-7)8-3-4-8/h5-8,11H,1-4H2,(H,12,13)(H,14,15)/b6-5+. The lowest BCUT2D eigenvalue weighted by Gasteiger charge is -2.15. The predicted octanol–water partition coefficient (Wildman–Crippen LogP) is 0.932. The fourth-order valence-electron chi connectivity index (χ4n) is 1.89. The summed E-state index contributed by atoms with van der Waals surface area (Å²) in [5, 5.41) is 11.3. The normalized spacial score (nSPS) is 20.9. The largest absolute Gasteiger partial charge is 0.478 e. The van der Waals surface area contributed by atoms with Crippen LogP contribution in [0.4, 0.5) is 0 Å². The molecule has 0 aromatic carbocycles. The van der Waals surface area contributed by atoms with Crippen LogP contribution in [0.25, 0.3) is 0 Å². The van der Waals surface area contributed by atoms with Gasteiger partial charge in [-0.2, -0.15) is 0 Å². The fourth-order valence-corrected chi connectivity index (χ4v) is 1.89. The van der Waals surface area contributed by atoms with Gasteiger partial charge in [0, 0.05) is 18.2 Å². The molecule has 82 valence electrons. The van der Waals surface area contributed by atoms with Crippen LogP contribution in [0, 0.1) is 11.8 Å². The van der Waals surface area contributed by atoms with Crippen LogP contribution in [-0.4, -0.2) is 23.0 Å². The van der Waals surface area contributed by atoms with Crippen LogP contribution in [0.1, 0.15) is 25.7 Å². The second kappa shape index (κ2) is 4.04. The van der Waals surface area contributed by atoms with Gasteiger partial charge in [-0.15, -0.1) is 0 Å². The van der Waals surface area contributed by atoms with Crippen molar-refractivity contribution < 1.29 is 14.7 Å². The van der Waals surface area contributed by atoms with Gasteiger partial charge in [0.2, 0.25) is 5.91 Å². The second-order valence-electron chi connectivity index (χ2n) is 4.38. The van der Waals surface area contributed by atoms with Crippen molar-refractivity contribution in [3.63, 3.8) is 0 Å². The van der Waals surface area contributed by atoms with Gasteiger partial charge in [0.1, 0.15) is 0 Å². The van der Waals surface area contributed by atoms with E-state index in [-0.39, 0.29) is 11.9 Å². The Morgan fingerprint density at radius 1 is 1.13 bits per heavy atom. The van der Waals surface area contributed by atoms with Crippen LogP contribution in [0.2, 0.25) is 0 Å². The van der Waals surface area contributed by atoms with Crippen LogP contribution in [0.5, 0.6) is 0 Å². The van der Waals surface area contributed by atoms with E-state index >= 15 is 0 Å². The van der Waals surface area contributed by atoms with Gasteiger partial charge in [-0.1, -0.05) is 0 Å². The zero-order valence-electron chi connectivity index (χ0n) is 8.48. The first-order chi connectivity index (χ1) is 7.16. The van der Waals surface area contributed by atoms with Gasteiger partial charge in [0.05, 0.1) is 0 Å². The highest BCUT2D eigenvalue weighted by Gasteiger charge is 2.41. The Kier molecular flexibility index (Phi) is 2.75. The molecule has 15 heavy (non-hydrogen) atoms. The average Bonchev–Trinajstić information content (AvgIpc) is 3.02. The molecule has 0 radical (unpaired) electrons. The predicted molar refractivity (Wildman–Crippen MR) is 54.2 cm³/mol. The molecular formula is C11H15NO3. The summed E-state index contributed by atoms with van der Waals surface area (Å²) in [7, 11) is 0. The summed E-state index contributed by atoms with van der Waals surface area (Å²) in [5.41, 5.74) is 0. The number of carbonyl (C=O) groups excluding carboxylic acids is 1. The molecule has 2 saturated carbocycles. The molecule has 0 aromatic rings. The number of aliphatic carboxylic acids is 1. The van der Waals surface area contributed by atoms with Gasteiger partial charge in [-0.3, -0.25) is 4.79 Å². The average molecular weight is 209 g/mol. The fraction of sp³-hybridized carbons (Fsp3) is 0.636. The van der Waals surface area contributed by atoms with E-state index in [4.69, 9.17) is 5.11 Å². The number of rotatable bonds is 5. The van der Waals surface area contributed by atoms with Crippen molar-refractivity contribution >= 4 is 11.9 Å². The van der Waals surface area contributed by atoms with E-state index in [0.29, 0.717) is 11.8 Å². The molecule has 2 N–H and O–H groups in total. The van der Waals surface area contributed by atoms with Gasteiger partial charge in [-0.05, 0) is 37.5 Å². The third-order valence-electron chi connectivity index (χ3n) is 2.95. The van der Waals surface area contributed by atoms with E-state index in [1.807, 2.05) is 0 Å². The van der Waals surface area contributed by atoms with Crippen molar-refractivity contribution in [2.45, 2.75) is 31.7 Å². The van der Waals surface area contributed by atoms with Crippen LogP contribution < -0.4 is 5.32 Å². The zero-order chi connectivity index (χ0) is 10.8. The molecule has 0 spiro atoms. The monoisotopic (exact) mass is 209 g/mol. The number of hydrogen-bond donors (Lipinski definition) is 2. The summed E-state index contributed by atoms with van der Waals surface area (Å²) >= 11 is 0. The molecule has 4 heteroatoms. The first-order valence-corrected chi connectivity index (χ1v) is 5.38. The number of carboxylic acid groups (broad SMARTS) is 1. The van der Waals surface area contributed by atoms with Gasteiger partial charge >= 0.3 is 5.97 Å². The maximum Gasteiger partial charge on any atom is 0.328 e. The lowest BCUT2D eigenvalue weighted by molar-refractivity contribution is -0.131. The molecule has 2 rings (SSSR count). The minimum atomic E-state index is -1.08. The van der Waals surface area contributed by atoms with Crippen molar-refractivity contribution in [2.75, 3.05) is 0 Å². The highest BCUT2D eigenvalue weighted by atomic mass is 16.4. The molecule has 0 atom stereocenters. The van der Waals surface area contributed by atoms with Crippen molar-refractivity contribution in [1.82, 2.24) is 5.32 Å². The Morgan fingerprint density at radius 2 is 1.67 bits per heavy atom. The Labute approximate surface area is 88.4 Å². The Balaban J connectivity index is 1.83. The highest BCUT2D eigenvalue weighted by Crippen LogP contribution is 2.44. The van der Waals surface area contributed by atoms with Crippen molar-refractivity contribution in [3.05, 3.63) is 12.2 Å². The number of hydrogen-bond acceptors (Lipinski definition) is 2. The van der Waals surface area contributed by atoms with E-state index in [0.717, 1.165) is 12.2 Å². The smallest absolute Gasteiger partial charge is 0.328 e. The maximum absolute atomic E-state index is 11.4. The summed E-state index contributed by atoms with van der Waals surface area (Å²) in [6.45, 7) is 0. The molecule has 0 saturated heterocycles. The van der Waals surface area contributed by atoms with Crippen molar-refractivity contribution in [3.8, 4) is 0 Å². The van der Waals surface area contributed by atoms with E-state index in [1.165, 1.54) is 25.7 Å². The molecule has 0 heterocycles. The van der Waals surface area contributed by atoms with Crippen LogP contribution in [-0.2, 0) is 9.59 Å². The summed E-state index contributed by atoms with van der Waals surface area (Å²) in [6, 6.07) is 0.288. The Morgan fingerprint density at radius 3 is 2.07 bits per heavy atom. The topological polar surface area (TPSA) is 66.4 Å². The molecule has 0 aromatic heterocycles. The molecule has 4 nitrogen and oxygen atoms in total. The third kappa shape index (κ3) is 3.08. The molecule has 0 unspecified atom stereocenters. The number of amides is 1. The van der Waals surface area contributed by atoms with Gasteiger partial charge in [0.15, 0.2) is 0 Å². The quantitative estimate of drug-likeness (QED) is 0.662. The number of carboxylic acids is 1. The van der Waals surface area contributed by atoms with E-state index in [2.05, 4.69) is 5.32 Å². The number of carbonyl (C=O) groups is 2. The van der Waals surface area contributed by atoms with Gasteiger partial charge in [-0.25, -0.2) is 4.79 Å². The molecule has 2 aliphatic carbocycles. The number of nitrogens with one attached hydrogen (secondary N) is 1. The van der Waals surface area contributed by atoms with E-state index in [1.54, 1.807) is 0 Å². The van der Waals surface area contributed by atoms with Crippen molar-refractivity contribution in [1.29, 1.82) is 0 Å². The maximum atomic E-state index is 11.4. The summed E-state index contributed by atoms with van der Waals surface area (Å²) < 4.78 is 0. The van der Waals surface area contributed by atoms with Crippen molar-refractivity contribution in [2.24, 2.45) is 11.8 Å². The molecule has 2 aliphatic rings. The van der Waals surface area contributed by atoms with Crippen LogP contribution >= 0.6 is 0 Å². The molecule has 2 fully saturated rings. The minimum Gasteiger partial charge on any atom is -0.478 e. The minimum absolute atomic E-state index is 0.277. The molecule has 0 aliphatic heterocycles. The lowest BCUT2D eigenvalue weighted by Crippen LogP contribution is -2.37. The van der Waals surface area contributed by atoms with Gasteiger partial charge < -0.3 is 10.4 Å². The Bertz CT molecular complexity index is 291.